The lowest BCUT2D eigenvalue weighted by Crippen LogP contribution is -2.49. The summed E-state index contributed by atoms with van der Waals surface area (Å²) in [5, 5.41) is 9.75. The summed E-state index contributed by atoms with van der Waals surface area (Å²) < 4.78 is 20.4. The van der Waals surface area contributed by atoms with Crippen LogP contribution in [0.4, 0.5) is 9.18 Å². The summed E-state index contributed by atoms with van der Waals surface area (Å²) in [6.07, 6.45) is 0.667. The van der Waals surface area contributed by atoms with Crippen LogP contribution in [0, 0.1) is 5.82 Å². The van der Waals surface area contributed by atoms with Crippen LogP contribution < -0.4 is 0 Å². The summed E-state index contributed by atoms with van der Waals surface area (Å²) in [5.74, 6) is -0.331. The third kappa shape index (κ3) is 4.55. The number of ether oxygens (including phenoxy) is 1. The molecule has 0 spiro atoms. The van der Waals surface area contributed by atoms with Gasteiger partial charge in [0.25, 0.3) is 0 Å². The van der Waals surface area contributed by atoms with Crippen LogP contribution in [0.3, 0.4) is 0 Å². The first-order valence-electron chi connectivity index (χ1n) is 9.50. The van der Waals surface area contributed by atoms with E-state index in [9.17, 15) is 14.3 Å². The molecule has 3 rings (SSSR count). The van der Waals surface area contributed by atoms with Gasteiger partial charge in [-0.1, -0.05) is 40.2 Å². The first-order valence-corrected chi connectivity index (χ1v) is 10.3. The molecule has 1 amide bonds. The number of cyclic esters (lactones) is 1. The van der Waals surface area contributed by atoms with Crippen LogP contribution in [-0.4, -0.2) is 28.7 Å². The van der Waals surface area contributed by atoms with Crippen LogP contribution in [0.15, 0.2) is 53.0 Å². The van der Waals surface area contributed by atoms with Gasteiger partial charge in [0.2, 0.25) is 0 Å². The van der Waals surface area contributed by atoms with E-state index in [1.54, 1.807) is 24.0 Å². The Bertz CT molecular complexity index is 810. The number of carbonyl (C=O) groups excluding carboxylic acids is 1. The van der Waals surface area contributed by atoms with Crippen LogP contribution in [0.25, 0.3) is 0 Å². The second-order valence-electron chi connectivity index (χ2n) is 7.43. The Morgan fingerprint density at radius 1 is 1.18 bits per heavy atom. The zero-order valence-electron chi connectivity index (χ0n) is 16.1. The van der Waals surface area contributed by atoms with Gasteiger partial charge in [-0.05, 0) is 62.1 Å². The van der Waals surface area contributed by atoms with E-state index >= 15 is 0 Å². The quantitative estimate of drug-likeness (QED) is 0.628. The smallest absolute Gasteiger partial charge is 0.411 e. The summed E-state index contributed by atoms with van der Waals surface area (Å²) in [7, 11) is 0. The van der Waals surface area contributed by atoms with Crippen molar-refractivity contribution in [3.8, 4) is 0 Å². The van der Waals surface area contributed by atoms with Crippen LogP contribution in [0.2, 0.25) is 0 Å². The summed E-state index contributed by atoms with van der Waals surface area (Å²) in [6, 6.07) is 13.8. The Morgan fingerprint density at radius 3 is 2.39 bits per heavy atom. The van der Waals surface area contributed by atoms with Crippen molar-refractivity contribution >= 4 is 22.0 Å². The highest BCUT2D eigenvalue weighted by atomic mass is 79.9. The normalized spacial score (nSPS) is 21.9. The van der Waals surface area contributed by atoms with Gasteiger partial charge in [-0.3, -0.25) is 0 Å². The lowest BCUT2D eigenvalue weighted by Gasteiger charge is -2.44. The van der Waals surface area contributed by atoms with Gasteiger partial charge in [-0.2, -0.15) is 0 Å². The van der Waals surface area contributed by atoms with Crippen LogP contribution in [0.1, 0.15) is 50.3 Å². The van der Waals surface area contributed by atoms with Gasteiger partial charge in [-0.25, -0.2) is 9.18 Å². The fourth-order valence-corrected chi connectivity index (χ4v) is 3.93. The molecule has 28 heavy (non-hydrogen) atoms. The van der Waals surface area contributed by atoms with Crippen molar-refractivity contribution in [1.82, 2.24) is 4.90 Å². The zero-order valence-corrected chi connectivity index (χ0v) is 17.7. The summed E-state index contributed by atoms with van der Waals surface area (Å²) in [4.78, 5) is 14.7. The van der Waals surface area contributed by atoms with Gasteiger partial charge in [0.1, 0.15) is 11.4 Å². The Morgan fingerprint density at radius 2 is 1.82 bits per heavy atom. The van der Waals surface area contributed by atoms with Crippen LogP contribution in [-0.2, 0) is 10.3 Å². The highest BCUT2D eigenvalue weighted by Crippen LogP contribution is 2.40. The number of nitrogens with zero attached hydrogens (tertiary/aromatic N) is 1. The molecule has 1 aliphatic rings. The van der Waals surface area contributed by atoms with Crippen LogP contribution in [0.5, 0.6) is 0 Å². The van der Waals surface area contributed by atoms with E-state index in [-0.39, 0.29) is 11.9 Å². The number of carbonyl (C=O) groups is 1. The predicted octanol–water partition coefficient (Wildman–Crippen LogP) is 5.55. The maximum Gasteiger partial charge on any atom is 0.411 e. The molecule has 1 saturated heterocycles. The van der Waals surface area contributed by atoms with E-state index in [0.29, 0.717) is 25.8 Å². The number of benzene rings is 2. The largest absolute Gasteiger partial charge is 0.438 e. The SMILES string of the molecule is CC(O)CC[C@]1(c2ccc(F)cc2)CCN([C@@H](C)c2ccc(Br)cc2)C(=O)O1. The van der Waals surface area contributed by atoms with Gasteiger partial charge in [-0.15, -0.1) is 0 Å². The number of rotatable bonds is 6. The maximum absolute atomic E-state index is 13.4. The number of amides is 1. The van der Waals surface area contributed by atoms with E-state index < -0.39 is 17.8 Å². The minimum absolute atomic E-state index is 0.122. The molecule has 0 aromatic heterocycles. The van der Waals surface area contributed by atoms with E-state index in [1.807, 2.05) is 31.2 Å². The fourth-order valence-electron chi connectivity index (χ4n) is 3.66. The molecule has 2 aromatic carbocycles. The molecule has 6 heteroatoms. The lowest BCUT2D eigenvalue weighted by atomic mass is 9.83. The number of hydrogen-bond donors (Lipinski definition) is 1. The Kier molecular flexibility index (Phi) is 6.40. The van der Waals surface area contributed by atoms with Gasteiger partial charge in [0.05, 0.1) is 12.1 Å². The minimum atomic E-state index is -0.849. The number of aliphatic hydroxyl groups excluding tert-OH is 1. The topological polar surface area (TPSA) is 49.8 Å². The molecular weight excluding hydrogens is 425 g/mol. The zero-order chi connectivity index (χ0) is 20.3. The maximum atomic E-state index is 13.4. The molecule has 1 aliphatic heterocycles. The van der Waals surface area contributed by atoms with E-state index in [1.165, 1.54) is 12.1 Å². The first kappa shape index (κ1) is 20.8. The molecule has 1 heterocycles. The Balaban J connectivity index is 1.82. The third-order valence-corrected chi connectivity index (χ3v) is 5.96. The van der Waals surface area contributed by atoms with Crippen molar-refractivity contribution in [2.45, 2.75) is 50.9 Å². The molecule has 0 radical (unpaired) electrons. The second kappa shape index (κ2) is 8.62. The molecule has 1 N–H and O–H groups in total. The van der Waals surface area contributed by atoms with Gasteiger partial charge in [0.15, 0.2) is 0 Å². The first-order chi connectivity index (χ1) is 13.3. The molecule has 150 valence electrons. The van der Waals surface area contributed by atoms with Crippen LogP contribution >= 0.6 is 15.9 Å². The van der Waals surface area contributed by atoms with Crippen molar-refractivity contribution in [2.24, 2.45) is 0 Å². The van der Waals surface area contributed by atoms with Crippen molar-refractivity contribution in [3.63, 3.8) is 0 Å². The molecular formula is C22H25BrFNO3. The number of aliphatic hydroxyl groups is 1. The van der Waals surface area contributed by atoms with E-state index in [0.717, 1.165) is 15.6 Å². The lowest BCUT2D eigenvalue weighted by molar-refractivity contribution is -0.0705. The molecule has 1 unspecified atom stereocenters. The molecule has 4 nitrogen and oxygen atoms in total. The average Bonchev–Trinajstić information content (AvgIpc) is 2.67. The molecule has 2 aromatic rings. The Labute approximate surface area is 173 Å². The highest BCUT2D eigenvalue weighted by Gasteiger charge is 2.43. The predicted molar refractivity (Wildman–Crippen MR) is 109 cm³/mol. The second-order valence-corrected chi connectivity index (χ2v) is 8.34. The summed E-state index contributed by atoms with van der Waals surface area (Å²) in [5.41, 5.74) is 0.940. The number of halogens is 2. The fraction of sp³-hybridized carbons (Fsp3) is 0.409. The monoisotopic (exact) mass is 449 g/mol. The standard InChI is InChI=1S/C22H25BrFNO3/c1-15(26)11-12-22(18-5-9-20(24)10-6-18)13-14-25(21(27)28-22)16(2)17-3-7-19(23)8-4-17/h3-10,15-16,26H,11-14H2,1-2H3/t15?,16-,22+/m0/s1. The third-order valence-electron chi connectivity index (χ3n) is 5.43. The Hall–Kier alpha value is -1.92. The average molecular weight is 450 g/mol. The van der Waals surface area contributed by atoms with Crippen molar-refractivity contribution in [3.05, 3.63) is 69.9 Å². The highest BCUT2D eigenvalue weighted by molar-refractivity contribution is 9.10. The molecule has 1 fully saturated rings. The number of hydrogen-bond acceptors (Lipinski definition) is 3. The van der Waals surface area contributed by atoms with Gasteiger partial charge in [0, 0.05) is 17.4 Å². The summed E-state index contributed by atoms with van der Waals surface area (Å²) in [6.45, 7) is 4.21. The van der Waals surface area contributed by atoms with Gasteiger partial charge >= 0.3 is 6.09 Å². The van der Waals surface area contributed by atoms with Crippen molar-refractivity contribution < 1.29 is 19.0 Å². The molecule has 0 bridgehead atoms. The minimum Gasteiger partial charge on any atom is -0.438 e. The van der Waals surface area contributed by atoms with Crippen molar-refractivity contribution in [1.29, 1.82) is 0 Å². The van der Waals surface area contributed by atoms with Gasteiger partial charge < -0.3 is 14.7 Å². The molecule has 0 saturated carbocycles. The van der Waals surface area contributed by atoms with Crippen molar-refractivity contribution in [2.75, 3.05) is 6.54 Å². The van der Waals surface area contributed by atoms with E-state index in [4.69, 9.17) is 4.74 Å². The van der Waals surface area contributed by atoms with E-state index in [2.05, 4.69) is 15.9 Å². The summed E-state index contributed by atoms with van der Waals surface area (Å²) >= 11 is 3.42. The molecule has 0 aliphatic carbocycles. The molecule has 3 atom stereocenters.